The lowest BCUT2D eigenvalue weighted by atomic mass is 10.4. The first-order valence-corrected chi connectivity index (χ1v) is 5.50. The van der Waals surface area contributed by atoms with E-state index in [-0.39, 0.29) is 6.54 Å². The summed E-state index contributed by atoms with van der Waals surface area (Å²) in [6.45, 7) is 0.893. The lowest BCUT2D eigenvalue weighted by molar-refractivity contribution is -0.135. The van der Waals surface area contributed by atoms with Gasteiger partial charge in [0.1, 0.15) is 6.54 Å². The number of nitrogens with zero attached hydrogens (tertiary/aromatic N) is 2. The molecule has 14 heavy (non-hydrogen) atoms. The van der Waals surface area contributed by atoms with Gasteiger partial charge in [0.15, 0.2) is 5.13 Å². The van der Waals surface area contributed by atoms with Crippen LogP contribution in [0.3, 0.4) is 0 Å². The van der Waals surface area contributed by atoms with Gasteiger partial charge < -0.3 is 10.0 Å². The van der Waals surface area contributed by atoms with Gasteiger partial charge in [-0.25, -0.2) is 4.98 Å². The Kier molecular flexibility index (Phi) is 2.67. The molecular weight excluding hydrogens is 200 g/mol. The van der Waals surface area contributed by atoms with Crippen molar-refractivity contribution < 1.29 is 9.90 Å². The molecular formula is C9H12N2O2S. The van der Waals surface area contributed by atoms with Gasteiger partial charge in [0.25, 0.3) is 0 Å². The van der Waals surface area contributed by atoms with E-state index in [1.165, 1.54) is 24.2 Å². The van der Waals surface area contributed by atoms with Gasteiger partial charge in [0.2, 0.25) is 0 Å². The number of carboxylic acid groups (broad SMARTS) is 1. The predicted molar refractivity (Wildman–Crippen MR) is 54.7 cm³/mol. The van der Waals surface area contributed by atoms with E-state index in [0.717, 1.165) is 11.7 Å². The minimum Gasteiger partial charge on any atom is -0.480 e. The van der Waals surface area contributed by atoms with Crippen LogP contribution in [-0.4, -0.2) is 29.1 Å². The molecule has 1 aliphatic carbocycles. The summed E-state index contributed by atoms with van der Waals surface area (Å²) >= 11 is 1.49. The zero-order chi connectivity index (χ0) is 9.97. The van der Waals surface area contributed by atoms with Crippen LogP contribution < -0.4 is 4.90 Å². The van der Waals surface area contributed by atoms with Gasteiger partial charge in [-0.3, -0.25) is 4.79 Å². The van der Waals surface area contributed by atoms with E-state index < -0.39 is 5.97 Å². The number of hydrogen-bond donors (Lipinski definition) is 1. The van der Waals surface area contributed by atoms with Crippen LogP contribution in [0.1, 0.15) is 12.8 Å². The number of hydrogen-bond acceptors (Lipinski definition) is 4. The Morgan fingerprint density at radius 3 is 3.00 bits per heavy atom. The van der Waals surface area contributed by atoms with Gasteiger partial charge in [0.05, 0.1) is 0 Å². The lowest BCUT2D eigenvalue weighted by Crippen LogP contribution is -2.31. The van der Waals surface area contributed by atoms with E-state index in [4.69, 9.17) is 5.11 Å². The standard InChI is InChI=1S/C9H12N2O2S/c12-8(13)6-11(5-7-1-2-7)9-10-3-4-14-9/h3-4,7H,1-2,5-6H2,(H,12,13). The molecule has 1 N–H and O–H groups in total. The summed E-state index contributed by atoms with van der Waals surface area (Å²) in [6, 6.07) is 0. The Hall–Kier alpha value is -1.10. The van der Waals surface area contributed by atoms with E-state index in [1.807, 2.05) is 10.3 Å². The van der Waals surface area contributed by atoms with Crippen molar-refractivity contribution in [2.75, 3.05) is 18.0 Å². The molecule has 0 radical (unpaired) electrons. The van der Waals surface area contributed by atoms with Crippen LogP contribution in [0.2, 0.25) is 0 Å². The van der Waals surface area contributed by atoms with Crippen molar-refractivity contribution in [3.8, 4) is 0 Å². The molecule has 76 valence electrons. The van der Waals surface area contributed by atoms with Gasteiger partial charge in [-0.15, -0.1) is 11.3 Å². The van der Waals surface area contributed by atoms with E-state index in [2.05, 4.69) is 4.98 Å². The predicted octanol–water partition coefficient (Wildman–Crippen LogP) is 1.44. The SMILES string of the molecule is O=C(O)CN(CC1CC1)c1nccs1. The first-order valence-electron chi connectivity index (χ1n) is 4.62. The van der Waals surface area contributed by atoms with Crippen molar-refractivity contribution >= 4 is 22.4 Å². The van der Waals surface area contributed by atoms with E-state index in [0.29, 0.717) is 5.92 Å². The third-order valence-corrected chi connectivity index (χ3v) is 3.02. The Morgan fingerprint density at radius 1 is 1.71 bits per heavy atom. The highest BCUT2D eigenvalue weighted by Crippen LogP contribution is 2.31. The molecule has 1 heterocycles. The van der Waals surface area contributed by atoms with Gasteiger partial charge in [-0.1, -0.05) is 0 Å². The molecule has 2 rings (SSSR count). The highest BCUT2D eigenvalue weighted by molar-refractivity contribution is 7.13. The zero-order valence-electron chi connectivity index (χ0n) is 7.72. The number of carbonyl (C=O) groups is 1. The Balaban J connectivity index is 2.00. The number of thiazole rings is 1. The van der Waals surface area contributed by atoms with Crippen LogP contribution >= 0.6 is 11.3 Å². The number of anilines is 1. The second kappa shape index (κ2) is 3.96. The van der Waals surface area contributed by atoms with Crippen LogP contribution in [0.15, 0.2) is 11.6 Å². The van der Waals surface area contributed by atoms with Crippen LogP contribution in [0.5, 0.6) is 0 Å². The van der Waals surface area contributed by atoms with Crippen LogP contribution in [0.4, 0.5) is 5.13 Å². The molecule has 1 aromatic heterocycles. The number of aliphatic carboxylic acids is 1. The van der Waals surface area contributed by atoms with Crippen LogP contribution in [0, 0.1) is 5.92 Å². The highest BCUT2D eigenvalue weighted by Gasteiger charge is 2.26. The molecule has 0 bridgehead atoms. The van der Waals surface area contributed by atoms with Gasteiger partial charge in [-0.2, -0.15) is 0 Å². The van der Waals surface area contributed by atoms with Gasteiger partial charge in [-0.05, 0) is 18.8 Å². The smallest absolute Gasteiger partial charge is 0.323 e. The summed E-state index contributed by atoms with van der Waals surface area (Å²) in [5.41, 5.74) is 0. The van der Waals surface area contributed by atoms with Crippen molar-refractivity contribution in [2.24, 2.45) is 5.92 Å². The molecule has 5 heteroatoms. The normalized spacial score (nSPS) is 15.4. The van der Waals surface area contributed by atoms with Gasteiger partial charge in [0, 0.05) is 18.1 Å². The molecule has 0 amide bonds. The summed E-state index contributed by atoms with van der Waals surface area (Å²) in [5.74, 6) is -0.112. The first-order chi connectivity index (χ1) is 6.75. The van der Waals surface area contributed by atoms with Crippen molar-refractivity contribution in [1.82, 2.24) is 4.98 Å². The Labute approximate surface area is 86.2 Å². The number of aromatic nitrogens is 1. The van der Waals surface area contributed by atoms with Crippen LogP contribution in [-0.2, 0) is 4.79 Å². The average Bonchev–Trinajstić information content (AvgIpc) is 2.79. The summed E-state index contributed by atoms with van der Waals surface area (Å²) in [7, 11) is 0. The summed E-state index contributed by atoms with van der Waals surface area (Å²) in [6.07, 6.45) is 4.16. The summed E-state index contributed by atoms with van der Waals surface area (Å²) in [5, 5.41) is 11.4. The molecule has 0 spiro atoms. The molecule has 0 saturated heterocycles. The number of rotatable bonds is 5. The third kappa shape index (κ3) is 2.45. The quantitative estimate of drug-likeness (QED) is 0.802. The average molecular weight is 212 g/mol. The van der Waals surface area contributed by atoms with Crippen molar-refractivity contribution in [2.45, 2.75) is 12.8 Å². The lowest BCUT2D eigenvalue weighted by Gasteiger charge is -2.18. The van der Waals surface area contributed by atoms with Crippen molar-refractivity contribution in [3.05, 3.63) is 11.6 Å². The zero-order valence-corrected chi connectivity index (χ0v) is 8.54. The maximum Gasteiger partial charge on any atom is 0.323 e. The fraction of sp³-hybridized carbons (Fsp3) is 0.556. The summed E-state index contributed by atoms with van der Waals surface area (Å²) in [4.78, 5) is 16.6. The van der Waals surface area contributed by atoms with E-state index in [9.17, 15) is 4.79 Å². The minimum atomic E-state index is -0.791. The molecule has 0 aromatic carbocycles. The van der Waals surface area contributed by atoms with Crippen LogP contribution in [0.25, 0.3) is 0 Å². The maximum absolute atomic E-state index is 10.6. The third-order valence-electron chi connectivity index (χ3n) is 2.19. The molecule has 0 unspecified atom stereocenters. The molecule has 4 nitrogen and oxygen atoms in total. The largest absolute Gasteiger partial charge is 0.480 e. The van der Waals surface area contributed by atoms with Crippen molar-refractivity contribution in [3.63, 3.8) is 0 Å². The second-order valence-electron chi connectivity index (χ2n) is 3.53. The molecule has 1 saturated carbocycles. The topological polar surface area (TPSA) is 53.4 Å². The Bertz CT molecular complexity index is 309. The molecule has 0 aliphatic heterocycles. The maximum atomic E-state index is 10.6. The monoisotopic (exact) mass is 212 g/mol. The molecule has 1 aliphatic rings. The summed E-state index contributed by atoms with van der Waals surface area (Å²) < 4.78 is 0. The first kappa shape index (κ1) is 9.45. The van der Waals surface area contributed by atoms with Crippen molar-refractivity contribution in [1.29, 1.82) is 0 Å². The second-order valence-corrected chi connectivity index (χ2v) is 4.41. The van der Waals surface area contributed by atoms with E-state index >= 15 is 0 Å². The number of carboxylic acids is 1. The molecule has 1 aromatic rings. The fourth-order valence-electron chi connectivity index (χ4n) is 1.36. The Morgan fingerprint density at radius 2 is 2.50 bits per heavy atom. The highest BCUT2D eigenvalue weighted by atomic mass is 32.1. The fourth-order valence-corrected chi connectivity index (χ4v) is 2.01. The molecule has 1 fully saturated rings. The molecule has 0 atom stereocenters. The van der Waals surface area contributed by atoms with Gasteiger partial charge >= 0.3 is 5.97 Å². The van der Waals surface area contributed by atoms with E-state index in [1.54, 1.807) is 6.20 Å². The minimum absolute atomic E-state index is 0.0595.